The van der Waals surface area contributed by atoms with Crippen LogP contribution in [0, 0.1) is 0 Å². The molecule has 0 radical (unpaired) electrons. The number of aliphatic hydroxyl groups is 1. The summed E-state index contributed by atoms with van der Waals surface area (Å²) in [4.78, 5) is 10.7. The van der Waals surface area contributed by atoms with Crippen LogP contribution in [0.15, 0.2) is 18.2 Å². The molecule has 0 aliphatic carbocycles. The van der Waals surface area contributed by atoms with Gasteiger partial charge in [-0.1, -0.05) is 0 Å². The Hall–Kier alpha value is -1.75. The maximum absolute atomic E-state index is 10.7. The summed E-state index contributed by atoms with van der Waals surface area (Å²) in [5, 5.41) is 20.8. The zero-order valence-corrected chi connectivity index (χ0v) is 9.93. The highest BCUT2D eigenvalue weighted by atomic mass is 16.5. The van der Waals surface area contributed by atoms with Gasteiger partial charge in [0.05, 0.1) is 13.2 Å². The number of carbonyl (C=O) groups is 1. The number of aliphatic hydroxyl groups excluding tert-OH is 1. The molecule has 94 valence electrons. The number of nitrogens with one attached hydrogen (secondary N) is 1. The minimum atomic E-state index is -0.926. The van der Waals surface area contributed by atoms with Crippen LogP contribution in [-0.2, 0) is 11.4 Å². The smallest absolute Gasteiger partial charge is 0.325 e. The summed E-state index contributed by atoms with van der Waals surface area (Å²) in [5.74, 6) is -0.312. The molecule has 5 nitrogen and oxygen atoms in total. The Labute approximate surface area is 100 Å². The molecule has 17 heavy (non-hydrogen) atoms. The minimum absolute atomic E-state index is 0.147. The summed E-state index contributed by atoms with van der Waals surface area (Å²) in [6.07, 6.45) is 0. The predicted molar refractivity (Wildman–Crippen MR) is 64.3 cm³/mol. The molecule has 0 saturated carbocycles. The Balaban J connectivity index is 2.85. The number of anilines is 1. The van der Waals surface area contributed by atoms with Crippen molar-refractivity contribution in [2.45, 2.75) is 26.5 Å². The van der Waals surface area contributed by atoms with Crippen molar-refractivity contribution < 1.29 is 19.7 Å². The highest BCUT2D eigenvalue weighted by molar-refractivity contribution is 5.76. The van der Waals surface area contributed by atoms with Crippen LogP contribution in [-0.4, -0.2) is 28.8 Å². The van der Waals surface area contributed by atoms with Gasteiger partial charge in [-0.05, 0) is 32.0 Å². The average molecular weight is 239 g/mol. The van der Waals surface area contributed by atoms with Gasteiger partial charge in [-0.3, -0.25) is 4.79 Å². The van der Waals surface area contributed by atoms with Crippen LogP contribution >= 0.6 is 0 Å². The first-order chi connectivity index (χ1) is 8.08. The van der Waals surface area contributed by atoms with Crippen molar-refractivity contribution in [3.8, 4) is 5.75 Å². The predicted octanol–water partition coefficient (Wildman–Crippen LogP) is 1.46. The van der Waals surface area contributed by atoms with Crippen LogP contribution in [0.3, 0.4) is 0 Å². The molecule has 0 saturated heterocycles. The molecule has 5 heteroatoms. The monoisotopic (exact) mass is 239 g/mol. The van der Waals surface area contributed by atoms with Crippen LogP contribution in [0.25, 0.3) is 0 Å². The SMILES string of the molecule is CCOc1ccc(NC(C)C(=O)O)cc1CO. The first kappa shape index (κ1) is 13.3. The fourth-order valence-electron chi connectivity index (χ4n) is 1.40. The standard InChI is InChI=1S/C12H17NO4/c1-3-17-11-5-4-10(6-9(11)7-14)13-8(2)12(15)16/h4-6,8,13-14H,3,7H2,1-2H3,(H,15,16). The zero-order chi connectivity index (χ0) is 12.8. The molecule has 3 N–H and O–H groups in total. The molecule has 0 fully saturated rings. The molecule has 0 aliphatic heterocycles. The maximum Gasteiger partial charge on any atom is 0.325 e. The third kappa shape index (κ3) is 3.64. The molecule has 0 spiro atoms. The van der Waals surface area contributed by atoms with E-state index in [1.165, 1.54) is 0 Å². The molecular formula is C12H17NO4. The van der Waals surface area contributed by atoms with Gasteiger partial charge in [-0.2, -0.15) is 0 Å². The van der Waals surface area contributed by atoms with Gasteiger partial charge in [-0.15, -0.1) is 0 Å². The lowest BCUT2D eigenvalue weighted by molar-refractivity contribution is -0.137. The summed E-state index contributed by atoms with van der Waals surface area (Å²) in [7, 11) is 0. The highest BCUT2D eigenvalue weighted by Gasteiger charge is 2.11. The van der Waals surface area contributed by atoms with E-state index in [1.54, 1.807) is 25.1 Å². The van der Waals surface area contributed by atoms with E-state index in [1.807, 2.05) is 6.92 Å². The van der Waals surface area contributed by atoms with E-state index in [-0.39, 0.29) is 6.61 Å². The molecule has 1 atom stereocenters. The van der Waals surface area contributed by atoms with Crippen molar-refractivity contribution in [3.05, 3.63) is 23.8 Å². The third-order valence-corrected chi connectivity index (χ3v) is 2.28. The van der Waals surface area contributed by atoms with Gasteiger partial charge < -0.3 is 20.3 Å². The highest BCUT2D eigenvalue weighted by Crippen LogP contribution is 2.23. The lowest BCUT2D eigenvalue weighted by Crippen LogP contribution is -2.25. The molecule has 1 aromatic carbocycles. The fourth-order valence-corrected chi connectivity index (χ4v) is 1.40. The van der Waals surface area contributed by atoms with E-state index < -0.39 is 12.0 Å². The van der Waals surface area contributed by atoms with Crippen LogP contribution in [0.2, 0.25) is 0 Å². The van der Waals surface area contributed by atoms with E-state index in [0.717, 1.165) is 0 Å². The Morgan fingerprint density at radius 3 is 2.76 bits per heavy atom. The zero-order valence-electron chi connectivity index (χ0n) is 9.93. The van der Waals surface area contributed by atoms with Gasteiger partial charge in [-0.25, -0.2) is 0 Å². The Morgan fingerprint density at radius 2 is 2.24 bits per heavy atom. The maximum atomic E-state index is 10.7. The Kier molecular flexibility index (Phi) is 4.78. The summed E-state index contributed by atoms with van der Waals surface area (Å²) >= 11 is 0. The van der Waals surface area contributed by atoms with E-state index in [9.17, 15) is 9.90 Å². The quantitative estimate of drug-likeness (QED) is 0.700. The Morgan fingerprint density at radius 1 is 1.53 bits per heavy atom. The van der Waals surface area contributed by atoms with E-state index in [4.69, 9.17) is 9.84 Å². The summed E-state index contributed by atoms with van der Waals surface area (Å²) in [6.45, 7) is 3.79. The van der Waals surface area contributed by atoms with Crippen LogP contribution in [0.5, 0.6) is 5.75 Å². The largest absolute Gasteiger partial charge is 0.494 e. The van der Waals surface area contributed by atoms with E-state index in [2.05, 4.69) is 5.32 Å². The van der Waals surface area contributed by atoms with Gasteiger partial charge in [0.2, 0.25) is 0 Å². The first-order valence-electron chi connectivity index (χ1n) is 5.44. The molecule has 0 aromatic heterocycles. The summed E-state index contributed by atoms with van der Waals surface area (Å²) in [6, 6.07) is 4.44. The van der Waals surface area contributed by atoms with Crippen molar-refractivity contribution in [1.29, 1.82) is 0 Å². The second-order valence-corrected chi connectivity index (χ2v) is 3.62. The van der Waals surface area contributed by atoms with E-state index in [0.29, 0.717) is 23.6 Å². The van der Waals surface area contributed by atoms with Crippen LogP contribution in [0.1, 0.15) is 19.4 Å². The summed E-state index contributed by atoms with van der Waals surface area (Å²) < 4.78 is 5.33. The topological polar surface area (TPSA) is 78.8 Å². The number of hydrogen-bond donors (Lipinski definition) is 3. The van der Waals surface area contributed by atoms with Gasteiger partial charge in [0.1, 0.15) is 11.8 Å². The number of carboxylic acid groups (broad SMARTS) is 1. The lowest BCUT2D eigenvalue weighted by atomic mass is 10.1. The van der Waals surface area contributed by atoms with Gasteiger partial charge in [0.15, 0.2) is 0 Å². The van der Waals surface area contributed by atoms with Gasteiger partial charge in [0, 0.05) is 11.3 Å². The number of carboxylic acids is 1. The fraction of sp³-hybridized carbons (Fsp3) is 0.417. The van der Waals surface area contributed by atoms with Crippen molar-refractivity contribution in [2.75, 3.05) is 11.9 Å². The average Bonchev–Trinajstić information content (AvgIpc) is 2.31. The number of aliphatic carboxylic acids is 1. The summed E-state index contributed by atoms with van der Waals surface area (Å²) in [5.41, 5.74) is 1.28. The normalized spacial score (nSPS) is 11.9. The molecule has 0 bridgehead atoms. The molecule has 0 aliphatic rings. The number of hydrogen-bond acceptors (Lipinski definition) is 4. The van der Waals surface area contributed by atoms with Crippen molar-refractivity contribution >= 4 is 11.7 Å². The molecule has 0 heterocycles. The Bertz CT molecular complexity index is 392. The molecular weight excluding hydrogens is 222 g/mol. The van der Waals surface area contributed by atoms with Gasteiger partial charge >= 0.3 is 5.97 Å². The molecule has 1 unspecified atom stereocenters. The van der Waals surface area contributed by atoms with Crippen molar-refractivity contribution in [2.24, 2.45) is 0 Å². The third-order valence-electron chi connectivity index (χ3n) is 2.28. The van der Waals surface area contributed by atoms with Crippen LogP contribution in [0.4, 0.5) is 5.69 Å². The number of benzene rings is 1. The second-order valence-electron chi connectivity index (χ2n) is 3.62. The van der Waals surface area contributed by atoms with Gasteiger partial charge in [0.25, 0.3) is 0 Å². The molecule has 1 rings (SSSR count). The molecule has 1 aromatic rings. The number of rotatable bonds is 6. The van der Waals surface area contributed by atoms with Crippen molar-refractivity contribution in [3.63, 3.8) is 0 Å². The van der Waals surface area contributed by atoms with Crippen LogP contribution < -0.4 is 10.1 Å². The minimum Gasteiger partial charge on any atom is -0.494 e. The number of ether oxygens (including phenoxy) is 1. The van der Waals surface area contributed by atoms with Crippen molar-refractivity contribution in [1.82, 2.24) is 0 Å². The second kappa shape index (κ2) is 6.10. The molecule has 0 amide bonds. The van der Waals surface area contributed by atoms with E-state index >= 15 is 0 Å². The lowest BCUT2D eigenvalue weighted by Gasteiger charge is -2.14. The first-order valence-corrected chi connectivity index (χ1v) is 5.44.